The number of rotatable bonds is 6. The first-order chi connectivity index (χ1) is 10.1. The fraction of sp³-hybridized carbons (Fsp3) is 0.500. The van der Waals surface area contributed by atoms with Gasteiger partial charge in [0.25, 0.3) is 0 Å². The van der Waals surface area contributed by atoms with Crippen molar-refractivity contribution in [3.8, 4) is 5.69 Å². The zero-order valence-corrected chi connectivity index (χ0v) is 13.2. The number of benzene rings is 1. The second kappa shape index (κ2) is 6.80. The number of halogens is 1. The van der Waals surface area contributed by atoms with Crippen molar-refractivity contribution in [1.82, 2.24) is 20.1 Å². The summed E-state index contributed by atoms with van der Waals surface area (Å²) in [5.41, 5.74) is 1.41. The number of nitrogens with zero attached hydrogens (tertiary/aromatic N) is 3. The zero-order valence-electron chi connectivity index (χ0n) is 13.2. The van der Waals surface area contributed by atoms with Gasteiger partial charge in [0.05, 0.1) is 0 Å². The van der Waals surface area contributed by atoms with E-state index >= 15 is 0 Å². The van der Waals surface area contributed by atoms with Crippen LogP contribution in [0.3, 0.4) is 0 Å². The summed E-state index contributed by atoms with van der Waals surface area (Å²) >= 11 is 0. The van der Waals surface area contributed by atoms with Crippen LogP contribution < -0.4 is 5.32 Å². The van der Waals surface area contributed by atoms with Gasteiger partial charge in [-0.15, -0.1) is 0 Å². The van der Waals surface area contributed by atoms with Gasteiger partial charge in [0, 0.05) is 18.9 Å². The Morgan fingerprint density at radius 2 is 2.00 bits per heavy atom. The topological polar surface area (TPSA) is 42.7 Å². The molecule has 0 bridgehead atoms. The van der Waals surface area contributed by atoms with Gasteiger partial charge in [-0.05, 0) is 25.1 Å². The SMILES string of the molecule is CCNC(C)c1cccc(F)c1-n1nc(CC)nc1CC. The quantitative estimate of drug-likeness (QED) is 0.888. The molecule has 1 heterocycles. The third kappa shape index (κ3) is 3.13. The van der Waals surface area contributed by atoms with E-state index in [1.54, 1.807) is 10.7 Å². The molecule has 1 aromatic carbocycles. The first kappa shape index (κ1) is 15.6. The standard InChI is InChI=1S/C16H23FN4/c1-5-14-19-15(6-2)21(20-14)16-12(11(4)18-7-3)9-8-10-13(16)17/h8-11,18H,5-7H2,1-4H3. The maximum atomic E-state index is 14.4. The van der Waals surface area contributed by atoms with Gasteiger partial charge in [-0.25, -0.2) is 14.1 Å². The summed E-state index contributed by atoms with van der Waals surface area (Å²) in [5.74, 6) is 1.28. The first-order valence-corrected chi connectivity index (χ1v) is 7.59. The minimum absolute atomic E-state index is 0.0553. The Morgan fingerprint density at radius 3 is 2.62 bits per heavy atom. The minimum Gasteiger partial charge on any atom is -0.310 e. The average Bonchev–Trinajstić information content (AvgIpc) is 2.90. The molecule has 0 aliphatic carbocycles. The second-order valence-corrected chi connectivity index (χ2v) is 5.02. The van der Waals surface area contributed by atoms with Gasteiger partial charge in [0.1, 0.15) is 17.3 Å². The van der Waals surface area contributed by atoms with Gasteiger partial charge < -0.3 is 5.32 Å². The van der Waals surface area contributed by atoms with Crippen molar-refractivity contribution in [3.63, 3.8) is 0 Å². The van der Waals surface area contributed by atoms with E-state index in [9.17, 15) is 4.39 Å². The van der Waals surface area contributed by atoms with Crippen molar-refractivity contribution < 1.29 is 4.39 Å². The van der Waals surface area contributed by atoms with Crippen LogP contribution in [0.15, 0.2) is 18.2 Å². The van der Waals surface area contributed by atoms with Crippen LogP contribution in [0.25, 0.3) is 5.69 Å². The number of aromatic nitrogens is 3. The highest BCUT2D eigenvalue weighted by Gasteiger charge is 2.19. The number of nitrogens with one attached hydrogen (secondary N) is 1. The maximum absolute atomic E-state index is 14.4. The molecule has 0 aliphatic heterocycles. The molecule has 4 nitrogen and oxygen atoms in total. The molecule has 114 valence electrons. The van der Waals surface area contributed by atoms with Crippen molar-refractivity contribution in [1.29, 1.82) is 0 Å². The van der Waals surface area contributed by atoms with E-state index in [1.165, 1.54) is 6.07 Å². The molecule has 0 aliphatic rings. The predicted octanol–water partition coefficient (Wildman–Crippen LogP) is 3.20. The van der Waals surface area contributed by atoms with E-state index < -0.39 is 0 Å². The number of para-hydroxylation sites is 1. The van der Waals surface area contributed by atoms with Gasteiger partial charge in [-0.1, -0.05) is 32.9 Å². The predicted molar refractivity (Wildman–Crippen MR) is 82.2 cm³/mol. The molecule has 1 atom stereocenters. The van der Waals surface area contributed by atoms with E-state index in [-0.39, 0.29) is 11.9 Å². The fourth-order valence-electron chi connectivity index (χ4n) is 2.47. The van der Waals surface area contributed by atoms with Crippen LogP contribution in [0.5, 0.6) is 0 Å². The van der Waals surface area contributed by atoms with Crippen molar-refractivity contribution in [3.05, 3.63) is 41.2 Å². The smallest absolute Gasteiger partial charge is 0.151 e. The number of hydrogen-bond acceptors (Lipinski definition) is 3. The van der Waals surface area contributed by atoms with E-state index in [2.05, 4.69) is 15.4 Å². The summed E-state index contributed by atoms with van der Waals surface area (Å²) in [6, 6.07) is 5.22. The molecule has 21 heavy (non-hydrogen) atoms. The Hall–Kier alpha value is -1.75. The molecular formula is C16H23FN4. The van der Waals surface area contributed by atoms with Gasteiger partial charge in [0.2, 0.25) is 0 Å². The summed E-state index contributed by atoms with van der Waals surface area (Å²) in [4.78, 5) is 4.48. The highest BCUT2D eigenvalue weighted by atomic mass is 19.1. The number of aryl methyl sites for hydroxylation is 2. The summed E-state index contributed by atoms with van der Waals surface area (Å²) in [6.07, 6.45) is 1.46. The molecule has 0 radical (unpaired) electrons. The molecule has 0 fully saturated rings. The van der Waals surface area contributed by atoms with Gasteiger partial charge in [0.15, 0.2) is 5.82 Å². The largest absolute Gasteiger partial charge is 0.310 e. The molecule has 1 N–H and O–H groups in total. The molecule has 0 spiro atoms. The zero-order chi connectivity index (χ0) is 15.4. The Bertz CT molecular complexity index is 606. The van der Waals surface area contributed by atoms with Crippen LogP contribution in [0.1, 0.15) is 50.9 Å². The van der Waals surface area contributed by atoms with Crippen LogP contribution in [0.4, 0.5) is 4.39 Å². The lowest BCUT2D eigenvalue weighted by atomic mass is 10.1. The molecule has 2 rings (SSSR count). The summed E-state index contributed by atoms with van der Waals surface area (Å²) in [5, 5.41) is 7.80. The summed E-state index contributed by atoms with van der Waals surface area (Å²) < 4.78 is 16.1. The first-order valence-electron chi connectivity index (χ1n) is 7.59. The van der Waals surface area contributed by atoms with Crippen molar-refractivity contribution in [2.24, 2.45) is 0 Å². The van der Waals surface area contributed by atoms with Gasteiger partial charge >= 0.3 is 0 Å². The van der Waals surface area contributed by atoms with E-state index in [0.29, 0.717) is 5.69 Å². The Labute approximate surface area is 125 Å². The van der Waals surface area contributed by atoms with Crippen molar-refractivity contribution in [2.75, 3.05) is 6.54 Å². The molecule has 0 saturated carbocycles. The maximum Gasteiger partial charge on any atom is 0.151 e. The van der Waals surface area contributed by atoms with Crippen LogP contribution in [0, 0.1) is 5.82 Å². The van der Waals surface area contributed by atoms with Crippen LogP contribution in [0.2, 0.25) is 0 Å². The van der Waals surface area contributed by atoms with E-state index in [1.807, 2.05) is 33.8 Å². The monoisotopic (exact) mass is 290 g/mol. The lowest BCUT2D eigenvalue weighted by Crippen LogP contribution is -2.20. The Morgan fingerprint density at radius 1 is 1.24 bits per heavy atom. The van der Waals surface area contributed by atoms with Crippen molar-refractivity contribution >= 4 is 0 Å². The summed E-state index contributed by atoms with van der Waals surface area (Å²) in [7, 11) is 0. The normalized spacial score (nSPS) is 12.6. The van der Waals surface area contributed by atoms with Crippen LogP contribution in [-0.4, -0.2) is 21.3 Å². The fourth-order valence-corrected chi connectivity index (χ4v) is 2.47. The molecule has 2 aromatic rings. The minimum atomic E-state index is -0.264. The number of hydrogen-bond donors (Lipinski definition) is 1. The molecule has 0 saturated heterocycles. The van der Waals surface area contributed by atoms with Gasteiger partial charge in [-0.2, -0.15) is 5.10 Å². The molecule has 0 amide bonds. The summed E-state index contributed by atoms with van der Waals surface area (Å²) in [6.45, 7) is 8.91. The molecule has 5 heteroatoms. The second-order valence-electron chi connectivity index (χ2n) is 5.02. The van der Waals surface area contributed by atoms with Gasteiger partial charge in [-0.3, -0.25) is 0 Å². The van der Waals surface area contributed by atoms with Crippen LogP contribution >= 0.6 is 0 Å². The highest BCUT2D eigenvalue weighted by molar-refractivity contribution is 5.44. The lowest BCUT2D eigenvalue weighted by Gasteiger charge is -2.18. The van der Waals surface area contributed by atoms with Crippen LogP contribution in [-0.2, 0) is 12.8 Å². The molecule has 1 aromatic heterocycles. The average molecular weight is 290 g/mol. The third-order valence-corrected chi connectivity index (χ3v) is 3.56. The molecule has 1 unspecified atom stereocenters. The highest BCUT2D eigenvalue weighted by Crippen LogP contribution is 2.25. The van der Waals surface area contributed by atoms with E-state index in [4.69, 9.17) is 0 Å². The Kier molecular flexibility index (Phi) is 5.07. The lowest BCUT2D eigenvalue weighted by molar-refractivity contribution is 0.565. The van der Waals surface area contributed by atoms with Crippen molar-refractivity contribution in [2.45, 2.75) is 46.6 Å². The Balaban J connectivity index is 2.59. The molecular weight excluding hydrogens is 267 g/mol. The third-order valence-electron chi connectivity index (χ3n) is 3.56. The van der Waals surface area contributed by atoms with E-state index in [0.717, 1.165) is 36.6 Å².